The minimum atomic E-state index is -3.94. The number of fused-ring (bicyclic) bond motifs is 1. The second-order valence-corrected chi connectivity index (χ2v) is 10.3. The minimum Gasteiger partial charge on any atom is -0.461 e. The fraction of sp³-hybridized carbons (Fsp3) is 0.409. The summed E-state index contributed by atoms with van der Waals surface area (Å²) in [6, 6.07) is 10.2. The molecule has 0 saturated heterocycles. The second-order valence-electron chi connectivity index (χ2n) is 8.31. The van der Waals surface area contributed by atoms with E-state index in [1.807, 2.05) is 6.07 Å². The number of hydrogen-bond donors (Lipinski definition) is 2. The Bertz CT molecular complexity index is 1260. The van der Waals surface area contributed by atoms with Crippen molar-refractivity contribution in [2.75, 3.05) is 12.1 Å². The lowest BCUT2D eigenvalue weighted by Gasteiger charge is -2.29. The molecule has 0 saturated carbocycles. The summed E-state index contributed by atoms with van der Waals surface area (Å²) in [5.74, 6) is -0.330. The summed E-state index contributed by atoms with van der Waals surface area (Å²) in [5.41, 5.74) is 4.89. The molecule has 3 N–H and O–H groups in total. The number of nitrogens with zero attached hydrogens (tertiary/aromatic N) is 5. The van der Waals surface area contributed by atoms with E-state index >= 15 is 0 Å². The predicted octanol–water partition coefficient (Wildman–Crippen LogP) is 2.87. The van der Waals surface area contributed by atoms with Crippen LogP contribution in [-0.4, -0.2) is 49.6 Å². The van der Waals surface area contributed by atoms with Crippen LogP contribution in [0, 0.1) is 11.3 Å². The number of imidazole rings is 1. The van der Waals surface area contributed by atoms with Gasteiger partial charge in [0.15, 0.2) is 11.5 Å². The van der Waals surface area contributed by atoms with Gasteiger partial charge in [0.25, 0.3) is 0 Å². The Morgan fingerprint density at radius 3 is 2.63 bits per heavy atom. The number of hydrogen-bond acceptors (Lipinski definition) is 10. The zero-order chi connectivity index (χ0) is 25.6. The molecule has 3 aromatic rings. The van der Waals surface area contributed by atoms with Gasteiger partial charge in [0, 0.05) is 0 Å². The zero-order valence-electron chi connectivity index (χ0n) is 19.9. The first-order chi connectivity index (χ1) is 16.5. The lowest BCUT2D eigenvalue weighted by atomic mass is 10.1. The molecule has 35 heavy (non-hydrogen) atoms. The summed E-state index contributed by atoms with van der Waals surface area (Å²) in [5, 5.41) is 12.3. The van der Waals surface area contributed by atoms with Gasteiger partial charge in [-0.2, -0.15) is 5.26 Å². The van der Waals surface area contributed by atoms with Crippen LogP contribution in [0.3, 0.4) is 0 Å². The van der Waals surface area contributed by atoms with E-state index in [4.69, 9.17) is 19.7 Å². The summed E-state index contributed by atoms with van der Waals surface area (Å²) in [6.07, 6.45) is 1.52. The van der Waals surface area contributed by atoms with Crippen LogP contribution in [0.15, 0.2) is 43.0 Å². The van der Waals surface area contributed by atoms with Crippen LogP contribution in [0.25, 0.3) is 11.2 Å². The van der Waals surface area contributed by atoms with Crippen molar-refractivity contribution in [1.82, 2.24) is 24.6 Å². The third kappa shape index (κ3) is 6.54. The maximum absolute atomic E-state index is 13.8. The molecule has 3 rings (SSSR count). The number of nitriles is 1. The van der Waals surface area contributed by atoms with Crippen molar-refractivity contribution in [2.24, 2.45) is 0 Å². The van der Waals surface area contributed by atoms with Crippen LogP contribution in [0.1, 0.15) is 27.7 Å². The highest BCUT2D eigenvalue weighted by Gasteiger charge is 2.44. The summed E-state index contributed by atoms with van der Waals surface area (Å²) in [4.78, 5) is 24.9. The van der Waals surface area contributed by atoms with Gasteiger partial charge in [-0.3, -0.25) is 4.57 Å². The third-order valence-corrected chi connectivity index (χ3v) is 6.56. The average Bonchev–Trinajstić information content (AvgIpc) is 3.22. The number of nitrogen functional groups attached to an aromatic ring is 1. The van der Waals surface area contributed by atoms with Gasteiger partial charge < -0.3 is 24.3 Å². The van der Waals surface area contributed by atoms with Gasteiger partial charge in [-0.1, -0.05) is 18.2 Å². The topological polar surface area (TPSA) is 167 Å². The maximum atomic E-state index is 13.8. The number of ether oxygens (including phenoxy) is 2. The van der Waals surface area contributed by atoms with Crippen molar-refractivity contribution in [2.45, 2.75) is 52.0 Å². The van der Waals surface area contributed by atoms with Gasteiger partial charge in [-0.05, 0) is 39.8 Å². The SMILES string of the molecule is CC(C)OC(=O)C(C)(C#N)N[P@](=O)(CO[C@H](C)Cn1cnc2c(N)ncnc21)Oc1ccccc1. The first kappa shape index (κ1) is 26.1. The molecule has 12 nitrogen and oxygen atoms in total. The van der Waals surface area contributed by atoms with Crippen molar-refractivity contribution < 1.29 is 23.4 Å². The number of rotatable bonds is 11. The quantitative estimate of drug-likeness (QED) is 0.293. The minimum absolute atomic E-state index is 0.261. The molecule has 0 aliphatic heterocycles. The van der Waals surface area contributed by atoms with Crippen molar-refractivity contribution in [1.29, 1.82) is 5.26 Å². The molecule has 1 unspecified atom stereocenters. The Morgan fingerprint density at radius 2 is 1.97 bits per heavy atom. The van der Waals surface area contributed by atoms with Crippen LogP contribution < -0.4 is 15.3 Å². The van der Waals surface area contributed by atoms with Gasteiger partial charge in [0.05, 0.1) is 31.1 Å². The van der Waals surface area contributed by atoms with Gasteiger partial charge in [-0.15, -0.1) is 0 Å². The molecular weight excluding hydrogens is 473 g/mol. The fourth-order valence-corrected chi connectivity index (χ4v) is 5.01. The lowest BCUT2D eigenvalue weighted by molar-refractivity contribution is -0.151. The highest BCUT2D eigenvalue weighted by atomic mass is 31.2. The number of carbonyl (C=O) groups excluding carboxylic acids is 1. The van der Waals surface area contributed by atoms with Crippen molar-refractivity contribution in [3.05, 3.63) is 43.0 Å². The molecule has 1 aromatic carbocycles. The summed E-state index contributed by atoms with van der Waals surface area (Å²) in [6.45, 7) is 6.66. The van der Waals surface area contributed by atoms with Gasteiger partial charge >= 0.3 is 13.5 Å². The lowest BCUT2D eigenvalue weighted by Crippen LogP contribution is -2.49. The van der Waals surface area contributed by atoms with E-state index in [9.17, 15) is 14.6 Å². The molecule has 2 heterocycles. The van der Waals surface area contributed by atoms with E-state index in [1.165, 1.54) is 13.3 Å². The summed E-state index contributed by atoms with van der Waals surface area (Å²) >= 11 is 0. The van der Waals surface area contributed by atoms with Crippen LogP contribution in [0.2, 0.25) is 0 Å². The molecule has 0 radical (unpaired) electrons. The smallest absolute Gasteiger partial charge is 0.343 e. The molecular formula is C22H28N7O5P. The largest absolute Gasteiger partial charge is 0.461 e. The Morgan fingerprint density at radius 1 is 1.26 bits per heavy atom. The molecule has 0 spiro atoms. The zero-order valence-corrected chi connectivity index (χ0v) is 20.8. The first-order valence-electron chi connectivity index (χ1n) is 10.8. The molecule has 0 amide bonds. The number of anilines is 1. The predicted molar refractivity (Wildman–Crippen MR) is 128 cm³/mol. The summed E-state index contributed by atoms with van der Waals surface area (Å²) in [7, 11) is -3.94. The van der Waals surface area contributed by atoms with E-state index in [0.717, 1.165) is 0 Å². The number of nitrogens with one attached hydrogen (secondary N) is 1. The molecule has 0 bridgehead atoms. The molecule has 0 fully saturated rings. The Labute approximate surface area is 202 Å². The molecule has 186 valence electrons. The number of aromatic nitrogens is 4. The highest BCUT2D eigenvalue weighted by molar-refractivity contribution is 7.57. The van der Waals surface area contributed by atoms with Crippen LogP contribution in [0.4, 0.5) is 5.82 Å². The number of benzene rings is 1. The van der Waals surface area contributed by atoms with E-state index in [0.29, 0.717) is 17.7 Å². The Hall–Kier alpha value is -3.52. The standard InChI is InChI=1S/C22H28N7O5P/c1-15(2)33-21(30)22(4,11-23)28-35(31,34-17-8-6-5-7-9-17)14-32-16(3)10-29-13-27-18-19(24)25-12-26-20(18)29/h5-9,12-13,15-16H,10,14H2,1-4H3,(H,28,31)(H2,24,25,26)/t16-,22?,35+/m1/s1. The first-order valence-corrected chi connectivity index (χ1v) is 12.6. The van der Waals surface area contributed by atoms with Gasteiger partial charge in [0.1, 0.15) is 23.9 Å². The van der Waals surface area contributed by atoms with Crippen LogP contribution in [-0.2, 0) is 25.4 Å². The molecule has 0 aliphatic carbocycles. The normalized spacial score (nSPS) is 15.7. The van der Waals surface area contributed by atoms with Crippen molar-refractivity contribution in [3.8, 4) is 11.8 Å². The van der Waals surface area contributed by atoms with Crippen molar-refractivity contribution >= 4 is 30.5 Å². The number of carbonyl (C=O) groups is 1. The maximum Gasteiger partial charge on any atom is 0.343 e. The fourth-order valence-electron chi connectivity index (χ4n) is 3.11. The van der Waals surface area contributed by atoms with E-state index in [2.05, 4.69) is 20.0 Å². The average molecular weight is 501 g/mol. The third-order valence-electron chi connectivity index (χ3n) is 4.78. The monoisotopic (exact) mass is 501 g/mol. The van der Waals surface area contributed by atoms with Gasteiger partial charge in [-0.25, -0.2) is 24.8 Å². The van der Waals surface area contributed by atoms with E-state index in [-0.39, 0.29) is 11.6 Å². The van der Waals surface area contributed by atoms with Crippen LogP contribution in [0.5, 0.6) is 5.75 Å². The molecule has 13 heteroatoms. The number of para-hydroxylation sites is 1. The molecule has 2 aromatic heterocycles. The Balaban J connectivity index is 1.78. The molecule has 3 atom stereocenters. The van der Waals surface area contributed by atoms with Crippen molar-refractivity contribution in [3.63, 3.8) is 0 Å². The highest BCUT2D eigenvalue weighted by Crippen LogP contribution is 2.45. The van der Waals surface area contributed by atoms with Gasteiger partial charge in [0.2, 0.25) is 5.54 Å². The van der Waals surface area contributed by atoms with E-state index in [1.54, 1.807) is 62.0 Å². The second kappa shape index (κ2) is 10.8. The van der Waals surface area contributed by atoms with E-state index < -0.39 is 37.6 Å². The summed E-state index contributed by atoms with van der Waals surface area (Å²) < 4.78 is 32.3. The number of nitrogens with two attached hydrogens (primary N) is 1. The molecule has 0 aliphatic rings. The Kier molecular flexibility index (Phi) is 8.07. The van der Waals surface area contributed by atoms with Crippen LogP contribution >= 0.6 is 7.52 Å². The number of esters is 1.